The Morgan fingerprint density at radius 2 is 1.68 bits per heavy atom. The van der Waals surface area contributed by atoms with Crippen LogP contribution >= 0.6 is 0 Å². The molecule has 0 bridgehead atoms. The summed E-state index contributed by atoms with van der Waals surface area (Å²) in [5.74, 6) is -0.114. The smallest absolute Gasteiger partial charge is 0.329 e. The van der Waals surface area contributed by atoms with Gasteiger partial charge in [0.2, 0.25) is 0 Å². The molecule has 0 aliphatic carbocycles. The van der Waals surface area contributed by atoms with Gasteiger partial charge in [0.1, 0.15) is 12.4 Å². The summed E-state index contributed by atoms with van der Waals surface area (Å²) in [6.07, 6.45) is 2.47. The highest BCUT2D eigenvalue weighted by Crippen LogP contribution is 2.35. The third-order valence-electron chi connectivity index (χ3n) is 5.72. The molecule has 1 N–H and O–H groups in total. The van der Waals surface area contributed by atoms with Crippen LogP contribution in [0.15, 0.2) is 66.9 Å². The molecule has 4 rings (SSSR count). The number of piperidine rings is 1. The Balaban J connectivity index is 1.65. The van der Waals surface area contributed by atoms with E-state index in [-0.39, 0.29) is 18.1 Å². The minimum Gasteiger partial charge on any atom is -0.480 e. The summed E-state index contributed by atoms with van der Waals surface area (Å²) >= 11 is 0. The SMILES string of the molecule is CC1(C)CN(c2cnc(-c3ccccc3)c(-c3ccccc3)n2)CC[C@@H]1OCC(=O)O. The zero-order valence-corrected chi connectivity index (χ0v) is 17.9. The molecule has 2 heterocycles. The predicted octanol–water partition coefficient (Wildman–Crippen LogP) is 4.52. The van der Waals surface area contributed by atoms with Crippen molar-refractivity contribution >= 4 is 11.8 Å². The van der Waals surface area contributed by atoms with Gasteiger partial charge >= 0.3 is 5.97 Å². The normalized spacial score (nSPS) is 18.0. The van der Waals surface area contributed by atoms with Gasteiger partial charge in [0.25, 0.3) is 0 Å². The van der Waals surface area contributed by atoms with E-state index in [1.807, 2.05) is 54.7 Å². The van der Waals surface area contributed by atoms with E-state index in [9.17, 15) is 4.79 Å². The van der Waals surface area contributed by atoms with E-state index in [1.54, 1.807) is 0 Å². The molecule has 1 aromatic heterocycles. The number of carboxylic acids is 1. The Labute approximate surface area is 182 Å². The van der Waals surface area contributed by atoms with Crippen molar-refractivity contribution in [3.63, 3.8) is 0 Å². The van der Waals surface area contributed by atoms with Crippen LogP contribution in [0.3, 0.4) is 0 Å². The summed E-state index contributed by atoms with van der Waals surface area (Å²) in [6.45, 7) is 5.40. The van der Waals surface area contributed by atoms with Gasteiger partial charge in [0, 0.05) is 29.6 Å². The van der Waals surface area contributed by atoms with Crippen molar-refractivity contribution in [3.05, 3.63) is 66.9 Å². The van der Waals surface area contributed by atoms with Gasteiger partial charge < -0.3 is 14.7 Å². The molecule has 0 amide bonds. The molecular weight excluding hydrogens is 390 g/mol. The molecule has 6 nitrogen and oxygen atoms in total. The van der Waals surface area contributed by atoms with Crippen LogP contribution in [0.2, 0.25) is 0 Å². The fourth-order valence-electron chi connectivity index (χ4n) is 4.15. The molecule has 31 heavy (non-hydrogen) atoms. The third kappa shape index (κ3) is 4.75. The van der Waals surface area contributed by atoms with Gasteiger partial charge in [0.15, 0.2) is 0 Å². The molecular formula is C25H27N3O3. The van der Waals surface area contributed by atoms with E-state index in [0.29, 0.717) is 6.54 Å². The molecule has 0 spiro atoms. The Morgan fingerprint density at radius 3 is 2.26 bits per heavy atom. The molecule has 2 aromatic carbocycles. The number of carbonyl (C=O) groups is 1. The maximum atomic E-state index is 10.9. The first kappa shape index (κ1) is 21.0. The number of rotatable bonds is 6. The van der Waals surface area contributed by atoms with Crippen LogP contribution in [-0.2, 0) is 9.53 Å². The number of anilines is 1. The van der Waals surface area contributed by atoms with Crippen molar-refractivity contribution in [2.45, 2.75) is 26.4 Å². The lowest BCUT2D eigenvalue weighted by Gasteiger charge is -2.44. The fraction of sp³-hybridized carbons (Fsp3) is 0.320. The van der Waals surface area contributed by atoms with E-state index < -0.39 is 5.97 Å². The van der Waals surface area contributed by atoms with Crippen LogP contribution in [0.25, 0.3) is 22.5 Å². The van der Waals surface area contributed by atoms with Crippen molar-refractivity contribution < 1.29 is 14.6 Å². The lowest BCUT2D eigenvalue weighted by molar-refractivity contribution is -0.147. The second kappa shape index (κ2) is 8.86. The Bertz CT molecular complexity index is 1040. The van der Waals surface area contributed by atoms with Crippen LogP contribution in [-0.4, -0.2) is 46.8 Å². The second-order valence-electron chi connectivity index (χ2n) is 8.55. The molecule has 0 radical (unpaired) electrons. The number of aromatic nitrogens is 2. The molecule has 1 fully saturated rings. The summed E-state index contributed by atoms with van der Waals surface area (Å²) in [7, 11) is 0. The number of hydrogen-bond donors (Lipinski definition) is 1. The van der Waals surface area contributed by atoms with E-state index >= 15 is 0 Å². The number of benzene rings is 2. The van der Waals surface area contributed by atoms with Gasteiger partial charge in [-0.2, -0.15) is 0 Å². The van der Waals surface area contributed by atoms with Gasteiger partial charge in [-0.15, -0.1) is 0 Å². The number of aliphatic carboxylic acids is 1. The number of carboxylic acid groups (broad SMARTS) is 1. The molecule has 1 atom stereocenters. The highest BCUT2D eigenvalue weighted by Gasteiger charge is 2.37. The molecule has 160 valence electrons. The fourth-order valence-corrected chi connectivity index (χ4v) is 4.15. The monoisotopic (exact) mass is 417 g/mol. The summed E-state index contributed by atoms with van der Waals surface area (Å²) < 4.78 is 5.65. The zero-order chi connectivity index (χ0) is 21.8. The van der Waals surface area contributed by atoms with E-state index in [4.69, 9.17) is 19.8 Å². The van der Waals surface area contributed by atoms with Crippen molar-refractivity contribution in [3.8, 4) is 22.5 Å². The van der Waals surface area contributed by atoms with Crippen molar-refractivity contribution in [2.75, 3.05) is 24.6 Å². The standard InChI is InChI=1S/C25H27N3O3/c1-25(2)17-28(14-13-20(25)31-16-22(29)30)21-15-26-23(18-9-5-3-6-10-18)24(27-21)19-11-7-4-8-12-19/h3-12,15,20H,13-14,16-17H2,1-2H3,(H,29,30)/t20-/m0/s1. The summed E-state index contributed by atoms with van der Waals surface area (Å²) in [5.41, 5.74) is 3.55. The van der Waals surface area contributed by atoms with E-state index in [0.717, 1.165) is 41.3 Å². The van der Waals surface area contributed by atoms with Gasteiger partial charge in [-0.25, -0.2) is 9.78 Å². The minimum absolute atomic E-state index is 0.106. The average molecular weight is 418 g/mol. The molecule has 1 aliphatic heterocycles. The molecule has 1 saturated heterocycles. The highest BCUT2D eigenvalue weighted by atomic mass is 16.5. The molecule has 3 aromatic rings. The second-order valence-corrected chi connectivity index (χ2v) is 8.55. The van der Waals surface area contributed by atoms with Crippen LogP contribution in [0.5, 0.6) is 0 Å². The van der Waals surface area contributed by atoms with Gasteiger partial charge in [-0.1, -0.05) is 74.5 Å². The molecule has 6 heteroatoms. The quantitative estimate of drug-likeness (QED) is 0.636. The van der Waals surface area contributed by atoms with Crippen LogP contribution in [0.4, 0.5) is 5.82 Å². The molecule has 1 aliphatic rings. The van der Waals surface area contributed by atoms with E-state index in [1.165, 1.54) is 0 Å². The van der Waals surface area contributed by atoms with Crippen LogP contribution < -0.4 is 4.90 Å². The number of nitrogens with zero attached hydrogens (tertiary/aromatic N) is 3. The lowest BCUT2D eigenvalue weighted by Crippen LogP contribution is -2.50. The first-order valence-corrected chi connectivity index (χ1v) is 10.5. The van der Waals surface area contributed by atoms with Crippen molar-refractivity contribution in [1.29, 1.82) is 0 Å². The maximum absolute atomic E-state index is 10.9. The predicted molar refractivity (Wildman–Crippen MR) is 121 cm³/mol. The molecule has 0 unspecified atom stereocenters. The van der Waals surface area contributed by atoms with Crippen LogP contribution in [0.1, 0.15) is 20.3 Å². The third-order valence-corrected chi connectivity index (χ3v) is 5.72. The van der Waals surface area contributed by atoms with Gasteiger partial charge in [-0.3, -0.25) is 4.98 Å². The first-order valence-electron chi connectivity index (χ1n) is 10.5. The van der Waals surface area contributed by atoms with Gasteiger partial charge in [0.05, 0.1) is 23.7 Å². The zero-order valence-electron chi connectivity index (χ0n) is 17.9. The summed E-state index contributed by atoms with van der Waals surface area (Å²) in [6, 6.07) is 20.2. The molecule has 0 saturated carbocycles. The number of hydrogen-bond acceptors (Lipinski definition) is 5. The van der Waals surface area contributed by atoms with Gasteiger partial charge in [-0.05, 0) is 6.42 Å². The number of ether oxygens (including phenoxy) is 1. The van der Waals surface area contributed by atoms with Crippen molar-refractivity contribution in [2.24, 2.45) is 5.41 Å². The first-order chi connectivity index (χ1) is 14.9. The van der Waals surface area contributed by atoms with Crippen molar-refractivity contribution in [1.82, 2.24) is 9.97 Å². The lowest BCUT2D eigenvalue weighted by atomic mass is 9.81. The Kier molecular flexibility index (Phi) is 6.00. The largest absolute Gasteiger partial charge is 0.480 e. The maximum Gasteiger partial charge on any atom is 0.329 e. The minimum atomic E-state index is -0.937. The highest BCUT2D eigenvalue weighted by molar-refractivity contribution is 5.78. The van der Waals surface area contributed by atoms with Crippen LogP contribution in [0, 0.1) is 5.41 Å². The average Bonchev–Trinajstić information content (AvgIpc) is 2.78. The topological polar surface area (TPSA) is 75.5 Å². The summed E-state index contributed by atoms with van der Waals surface area (Å²) in [5, 5.41) is 8.95. The Hall–Kier alpha value is -3.25. The summed E-state index contributed by atoms with van der Waals surface area (Å²) in [4.78, 5) is 23.0. The Morgan fingerprint density at radius 1 is 1.06 bits per heavy atom. The van der Waals surface area contributed by atoms with E-state index in [2.05, 4.69) is 30.9 Å².